The number of nitrogens with one attached hydrogen (secondary N) is 2. The molecule has 1 amide bonds. The Morgan fingerprint density at radius 1 is 0.842 bits per heavy atom. The smallest absolute Gasteiger partial charge is 0.262 e. The molecular formula is C31H40N2O4S. The zero-order valence-electron chi connectivity index (χ0n) is 23.5. The summed E-state index contributed by atoms with van der Waals surface area (Å²) >= 11 is 0. The molecular weight excluding hydrogens is 496 g/mol. The highest BCUT2D eigenvalue weighted by molar-refractivity contribution is 7.92. The van der Waals surface area contributed by atoms with Crippen molar-refractivity contribution in [1.29, 1.82) is 0 Å². The van der Waals surface area contributed by atoms with Crippen LogP contribution in [0.15, 0.2) is 71.6 Å². The van der Waals surface area contributed by atoms with E-state index in [0.717, 1.165) is 24.0 Å². The van der Waals surface area contributed by atoms with E-state index in [9.17, 15) is 13.2 Å². The molecule has 3 aromatic rings. The van der Waals surface area contributed by atoms with Crippen molar-refractivity contribution in [3.8, 4) is 5.75 Å². The van der Waals surface area contributed by atoms with Crippen LogP contribution >= 0.6 is 0 Å². The Hall–Kier alpha value is -3.32. The van der Waals surface area contributed by atoms with Crippen molar-refractivity contribution in [2.24, 2.45) is 0 Å². The Labute approximate surface area is 227 Å². The Kier molecular flexibility index (Phi) is 8.93. The standard InChI is InChI=1S/C31H40N2O4S/c1-8-30(4,5)23-15-18-28(27(19-23)31(6,7)9-2)37-21-29(34)32-25-11-10-12-26(20-25)38(35,36)33-24-16-13-22(3)14-17-24/h10-20,33H,8-9,21H2,1-7H3,(H,32,34). The summed E-state index contributed by atoms with van der Waals surface area (Å²) in [5.41, 5.74) is 4.10. The number of amides is 1. The van der Waals surface area contributed by atoms with Gasteiger partial charge in [-0.15, -0.1) is 0 Å². The molecule has 6 nitrogen and oxygen atoms in total. The number of carbonyl (C=O) groups is 1. The molecule has 2 N–H and O–H groups in total. The topological polar surface area (TPSA) is 84.5 Å². The second kappa shape index (κ2) is 11.6. The fraction of sp³-hybridized carbons (Fsp3) is 0.387. The van der Waals surface area contributed by atoms with E-state index >= 15 is 0 Å². The lowest BCUT2D eigenvalue weighted by Crippen LogP contribution is -2.24. The summed E-state index contributed by atoms with van der Waals surface area (Å²) in [6, 6.07) is 19.5. The van der Waals surface area contributed by atoms with Gasteiger partial charge in [-0.25, -0.2) is 8.42 Å². The van der Waals surface area contributed by atoms with Crippen LogP contribution in [-0.4, -0.2) is 20.9 Å². The number of hydrogen-bond acceptors (Lipinski definition) is 4. The van der Waals surface area contributed by atoms with Crippen LogP contribution in [-0.2, 0) is 25.6 Å². The zero-order valence-corrected chi connectivity index (χ0v) is 24.3. The number of ether oxygens (including phenoxy) is 1. The molecule has 3 aromatic carbocycles. The summed E-state index contributed by atoms with van der Waals surface area (Å²) in [7, 11) is -3.82. The Morgan fingerprint density at radius 2 is 1.50 bits per heavy atom. The molecule has 204 valence electrons. The van der Waals surface area contributed by atoms with Crippen LogP contribution in [0.25, 0.3) is 0 Å². The van der Waals surface area contributed by atoms with Gasteiger partial charge in [-0.1, -0.05) is 77.4 Å². The Balaban J connectivity index is 1.73. The van der Waals surface area contributed by atoms with Crippen LogP contribution in [0, 0.1) is 6.92 Å². The minimum Gasteiger partial charge on any atom is -0.483 e. The van der Waals surface area contributed by atoms with E-state index in [1.54, 1.807) is 24.3 Å². The van der Waals surface area contributed by atoms with Crippen molar-refractivity contribution < 1.29 is 17.9 Å². The molecule has 0 aliphatic rings. The lowest BCUT2D eigenvalue weighted by Gasteiger charge is -2.30. The number of hydrogen-bond donors (Lipinski definition) is 2. The number of carbonyl (C=O) groups excluding carboxylic acids is 1. The van der Waals surface area contributed by atoms with Crippen molar-refractivity contribution in [3.05, 3.63) is 83.4 Å². The normalized spacial score (nSPS) is 12.2. The van der Waals surface area contributed by atoms with E-state index in [4.69, 9.17) is 4.74 Å². The van der Waals surface area contributed by atoms with Gasteiger partial charge in [0.05, 0.1) is 4.90 Å². The van der Waals surface area contributed by atoms with Crippen molar-refractivity contribution >= 4 is 27.3 Å². The first-order valence-corrected chi connectivity index (χ1v) is 14.5. The van der Waals surface area contributed by atoms with E-state index in [1.165, 1.54) is 17.7 Å². The average molecular weight is 537 g/mol. The summed E-state index contributed by atoms with van der Waals surface area (Å²) in [5, 5.41) is 2.76. The van der Waals surface area contributed by atoms with Crippen molar-refractivity contribution in [3.63, 3.8) is 0 Å². The second-order valence-electron chi connectivity index (χ2n) is 11.0. The molecule has 38 heavy (non-hydrogen) atoms. The van der Waals surface area contributed by atoms with Gasteiger partial charge in [-0.3, -0.25) is 9.52 Å². The molecule has 0 aromatic heterocycles. The van der Waals surface area contributed by atoms with E-state index in [2.05, 4.69) is 63.7 Å². The SMILES string of the molecule is CCC(C)(C)c1ccc(OCC(=O)Nc2cccc(S(=O)(=O)Nc3ccc(C)cc3)c2)c(C(C)(C)CC)c1. The molecule has 0 fully saturated rings. The molecule has 0 aliphatic heterocycles. The fourth-order valence-electron chi connectivity index (χ4n) is 3.92. The van der Waals surface area contributed by atoms with Crippen LogP contribution in [0.1, 0.15) is 71.1 Å². The predicted molar refractivity (Wildman–Crippen MR) is 156 cm³/mol. The Morgan fingerprint density at radius 3 is 2.13 bits per heavy atom. The molecule has 3 rings (SSSR count). The lowest BCUT2D eigenvalue weighted by molar-refractivity contribution is -0.118. The van der Waals surface area contributed by atoms with E-state index < -0.39 is 10.0 Å². The predicted octanol–water partition coefficient (Wildman–Crippen LogP) is 7.19. The number of sulfonamides is 1. The maximum atomic E-state index is 12.9. The molecule has 0 heterocycles. The van der Waals surface area contributed by atoms with Gasteiger partial charge in [0.1, 0.15) is 5.75 Å². The number of anilines is 2. The minimum absolute atomic E-state index is 0.0359. The molecule has 0 unspecified atom stereocenters. The van der Waals surface area contributed by atoms with Gasteiger partial charge in [-0.2, -0.15) is 0 Å². The summed E-state index contributed by atoms with van der Waals surface area (Å²) in [5.74, 6) is 0.311. The van der Waals surface area contributed by atoms with Crippen molar-refractivity contribution in [2.75, 3.05) is 16.6 Å². The van der Waals surface area contributed by atoms with Gasteiger partial charge in [-0.05, 0) is 72.6 Å². The summed E-state index contributed by atoms with van der Waals surface area (Å²) in [4.78, 5) is 12.8. The fourth-order valence-corrected chi connectivity index (χ4v) is 5.02. The average Bonchev–Trinajstić information content (AvgIpc) is 2.88. The zero-order chi connectivity index (χ0) is 28.1. The van der Waals surface area contributed by atoms with Crippen molar-refractivity contribution in [1.82, 2.24) is 0 Å². The van der Waals surface area contributed by atoms with Crippen LogP contribution in [0.3, 0.4) is 0 Å². The number of rotatable bonds is 11. The number of aryl methyl sites for hydroxylation is 1. The van der Waals surface area contributed by atoms with E-state index in [0.29, 0.717) is 17.1 Å². The molecule has 0 radical (unpaired) electrons. The summed E-state index contributed by atoms with van der Waals surface area (Å²) in [6.07, 6.45) is 1.93. The van der Waals surface area contributed by atoms with Gasteiger partial charge in [0.25, 0.3) is 15.9 Å². The monoisotopic (exact) mass is 536 g/mol. The maximum absolute atomic E-state index is 12.9. The van der Waals surface area contributed by atoms with E-state index in [-0.39, 0.29) is 28.2 Å². The second-order valence-corrected chi connectivity index (χ2v) is 12.7. The maximum Gasteiger partial charge on any atom is 0.262 e. The first kappa shape index (κ1) is 29.2. The first-order chi connectivity index (χ1) is 17.8. The van der Waals surface area contributed by atoms with Gasteiger partial charge in [0.2, 0.25) is 0 Å². The third kappa shape index (κ3) is 7.16. The minimum atomic E-state index is -3.82. The van der Waals surface area contributed by atoms with Crippen molar-refractivity contribution in [2.45, 2.75) is 77.0 Å². The van der Waals surface area contributed by atoms with Crippen LogP contribution in [0.4, 0.5) is 11.4 Å². The lowest BCUT2D eigenvalue weighted by atomic mass is 9.76. The first-order valence-electron chi connectivity index (χ1n) is 13.0. The highest BCUT2D eigenvalue weighted by Gasteiger charge is 2.27. The molecule has 0 spiro atoms. The molecule has 0 bridgehead atoms. The molecule has 0 saturated carbocycles. The van der Waals surface area contributed by atoms with Gasteiger partial charge in [0.15, 0.2) is 6.61 Å². The van der Waals surface area contributed by atoms with Crippen LogP contribution in [0.2, 0.25) is 0 Å². The van der Waals surface area contributed by atoms with Crippen LogP contribution in [0.5, 0.6) is 5.75 Å². The Bertz CT molecular complexity index is 1380. The van der Waals surface area contributed by atoms with E-state index in [1.807, 2.05) is 25.1 Å². The molecule has 0 aliphatic carbocycles. The third-order valence-electron chi connectivity index (χ3n) is 7.35. The number of benzene rings is 3. The summed E-state index contributed by atoms with van der Waals surface area (Å²) < 4.78 is 34.3. The molecule has 0 atom stereocenters. The van der Waals surface area contributed by atoms with Gasteiger partial charge in [0, 0.05) is 16.9 Å². The largest absolute Gasteiger partial charge is 0.483 e. The highest BCUT2D eigenvalue weighted by Crippen LogP contribution is 2.38. The van der Waals surface area contributed by atoms with Gasteiger partial charge < -0.3 is 10.1 Å². The molecule has 0 saturated heterocycles. The quantitative estimate of drug-likeness (QED) is 0.272. The third-order valence-corrected chi connectivity index (χ3v) is 8.73. The van der Waals surface area contributed by atoms with Crippen LogP contribution < -0.4 is 14.8 Å². The highest BCUT2D eigenvalue weighted by atomic mass is 32.2. The van der Waals surface area contributed by atoms with Gasteiger partial charge >= 0.3 is 0 Å². The summed E-state index contributed by atoms with van der Waals surface area (Å²) in [6.45, 7) is 14.9. The molecule has 7 heteroatoms.